The first kappa shape index (κ1) is 18.6. The van der Waals surface area contributed by atoms with Crippen molar-refractivity contribution in [3.05, 3.63) is 35.6 Å². The van der Waals surface area contributed by atoms with E-state index in [-0.39, 0.29) is 18.9 Å². The molecule has 23 heavy (non-hydrogen) atoms. The summed E-state index contributed by atoms with van der Waals surface area (Å²) in [6.45, 7) is 3.23. The van der Waals surface area contributed by atoms with Crippen LogP contribution in [0.3, 0.4) is 0 Å². The molecular formula is C16H21FN2O4. The number of nitrogens with one attached hydrogen (secondary N) is 2. The molecule has 0 spiro atoms. The zero-order valence-electron chi connectivity index (χ0n) is 13.1. The number of hydrogen-bond acceptors (Lipinski definition) is 3. The van der Waals surface area contributed by atoms with Gasteiger partial charge in [0.1, 0.15) is 11.9 Å². The van der Waals surface area contributed by atoms with Crippen LogP contribution in [0.4, 0.5) is 4.39 Å². The van der Waals surface area contributed by atoms with Crippen molar-refractivity contribution in [2.75, 3.05) is 6.54 Å². The second kappa shape index (κ2) is 8.87. The van der Waals surface area contributed by atoms with Crippen molar-refractivity contribution in [2.24, 2.45) is 5.92 Å². The van der Waals surface area contributed by atoms with E-state index in [1.165, 1.54) is 18.2 Å². The molecule has 1 aromatic carbocycles. The first-order valence-electron chi connectivity index (χ1n) is 7.36. The van der Waals surface area contributed by atoms with Gasteiger partial charge in [-0.05, 0) is 23.6 Å². The topological polar surface area (TPSA) is 95.5 Å². The van der Waals surface area contributed by atoms with Crippen LogP contribution in [0.2, 0.25) is 0 Å². The SMILES string of the molecule is CCC(C)C(NC(=O)CNC(=O)Cc1cccc(F)c1)C(=O)O. The van der Waals surface area contributed by atoms with Crippen LogP contribution in [0.5, 0.6) is 0 Å². The number of benzene rings is 1. The average molecular weight is 324 g/mol. The van der Waals surface area contributed by atoms with E-state index in [2.05, 4.69) is 10.6 Å². The zero-order chi connectivity index (χ0) is 17.4. The van der Waals surface area contributed by atoms with Gasteiger partial charge in [0.25, 0.3) is 0 Å². The summed E-state index contributed by atoms with van der Waals surface area (Å²) in [7, 11) is 0. The van der Waals surface area contributed by atoms with Crippen molar-refractivity contribution < 1.29 is 23.9 Å². The van der Waals surface area contributed by atoms with Gasteiger partial charge in [0.15, 0.2) is 0 Å². The van der Waals surface area contributed by atoms with E-state index in [1.807, 2.05) is 6.92 Å². The first-order chi connectivity index (χ1) is 10.8. The van der Waals surface area contributed by atoms with Crippen LogP contribution in [0, 0.1) is 11.7 Å². The van der Waals surface area contributed by atoms with Crippen LogP contribution >= 0.6 is 0 Å². The van der Waals surface area contributed by atoms with Crippen LogP contribution in [0.1, 0.15) is 25.8 Å². The number of carboxylic acid groups (broad SMARTS) is 1. The maximum absolute atomic E-state index is 13.0. The summed E-state index contributed by atoms with van der Waals surface area (Å²) < 4.78 is 13.0. The molecule has 3 N–H and O–H groups in total. The highest BCUT2D eigenvalue weighted by molar-refractivity contribution is 5.88. The number of carbonyl (C=O) groups is 3. The van der Waals surface area contributed by atoms with Gasteiger partial charge in [0.05, 0.1) is 13.0 Å². The number of hydrogen-bond donors (Lipinski definition) is 3. The number of halogens is 1. The van der Waals surface area contributed by atoms with E-state index in [4.69, 9.17) is 5.11 Å². The molecule has 2 unspecified atom stereocenters. The second-order valence-corrected chi connectivity index (χ2v) is 5.35. The summed E-state index contributed by atoms with van der Waals surface area (Å²) >= 11 is 0. The normalized spacial score (nSPS) is 13.0. The van der Waals surface area contributed by atoms with Gasteiger partial charge in [-0.1, -0.05) is 32.4 Å². The van der Waals surface area contributed by atoms with Crippen LogP contribution in [0.25, 0.3) is 0 Å². The van der Waals surface area contributed by atoms with E-state index in [1.54, 1.807) is 13.0 Å². The lowest BCUT2D eigenvalue weighted by Gasteiger charge is -2.20. The van der Waals surface area contributed by atoms with E-state index in [9.17, 15) is 18.8 Å². The third kappa shape index (κ3) is 6.46. The third-order valence-electron chi connectivity index (χ3n) is 3.50. The fourth-order valence-corrected chi connectivity index (χ4v) is 1.98. The van der Waals surface area contributed by atoms with Gasteiger partial charge >= 0.3 is 5.97 Å². The molecular weight excluding hydrogens is 303 g/mol. The standard InChI is InChI=1S/C16H21FN2O4/c1-3-10(2)15(16(22)23)19-14(21)9-18-13(20)8-11-5-4-6-12(17)7-11/h4-7,10,15H,3,8-9H2,1-2H3,(H,18,20)(H,19,21)(H,22,23). The largest absolute Gasteiger partial charge is 0.480 e. The van der Waals surface area contributed by atoms with Crippen LogP contribution in [-0.4, -0.2) is 35.5 Å². The van der Waals surface area contributed by atoms with Gasteiger partial charge < -0.3 is 15.7 Å². The van der Waals surface area contributed by atoms with E-state index >= 15 is 0 Å². The lowest BCUT2D eigenvalue weighted by atomic mass is 9.99. The Morgan fingerprint density at radius 1 is 1.26 bits per heavy atom. The molecule has 1 rings (SSSR count). The molecule has 1 aromatic rings. The Labute approximate surface area is 134 Å². The Balaban J connectivity index is 2.45. The number of aliphatic carboxylic acids is 1. The highest BCUT2D eigenvalue weighted by Crippen LogP contribution is 2.07. The van der Waals surface area contributed by atoms with Crippen molar-refractivity contribution in [3.8, 4) is 0 Å². The number of rotatable bonds is 8. The molecule has 0 fully saturated rings. The van der Waals surface area contributed by atoms with Gasteiger partial charge in [-0.2, -0.15) is 0 Å². The van der Waals surface area contributed by atoms with Crippen LogP contribution in [0.15, 0.2) is 24.3 Å². The summed E-state index contributed by atoms with van der Waals surface area (Å²) in [6, 6.07) is 4.62. The highest BCUT2D eigenvalue weighted by atomic mass is 19.1. The van der Waals surface area contributed by atoms with E-state index < -0.39 is 29.6 Å². The summed E-state index contributed by atoms with van der Waals surface area (Å²) in [6.07, 6.45) is 0.544. The van der Waals surface area contributed by atoms with E-state index in [0.29, 0.717) is 12.0 Å². The van der Waals surface area contributed by atoms with Crippen molar-refractivity contribution in [3.63, 3.8) is 0 Å². The molecule has 6 nitrogen and oxygen atoms in total. The Morgan fingerprint density at radius 3 is 2.52 bits per heavy atom. The van der Waals surface area contributed by atoms with Gasteiger partial charge in [0.2, 0.25) is 11.8 Å². The minimum Gasteiger partial charge on any atom is -0.480 e. The maximum Gasteiger partial charge on any atom is 0.326 e. The van der Waals surface area contributed by atoms with Gasteiger partial charge in [-0.3, -0.25) is 9.59 Å². The summed E-state index contributed by atoms with van der Waals surface area (Å²) in [5.74, 6) is -2.80. The summed E-state index contributed by atoms with van der Waals surface area (Å²) in [5.41, 5.74) is 0.492. The molecule has 2 atom stereocenters. The Hall–Kier alpha value is -2.44. The predicted molar refractivity (Wildman–Crippen MR) is 82.1 cm³/mol. The lowest BCUT2D eigenvalue weighted by molar-refractivity contribution is -0.143. The zero-order valence-corrected chi connectivity index (χ0v) is 13.1. The van der Waals surface area contributed by atoms with E-state index in [0.717, 1.165) is 0 Å². The van der Waals surface area contributed by atoms with Crippen molar-refractivity contribution in [2.45, 2.75) is 32.7 Å². The number of carbonyl (C=O) groups excluding carboxylic acids is 2. The van der Waals surface area contributed by atoms with Gasteiger partial charge in [-0.15, -0.1) is 0 Å². The lowest BCUT2D eigenvalue weighted by Crippen LogP contribution is -2.48. The number of amides is 2. The minimum absolute atomic E-state index is 0.0568. The second-order valence-electron chi connectivity index (χ2n) is 5.35. The molecule has 0 heterocycles. The van der Waals surface area contributed by atoms with Gasteiger partial charge in [0, 0.05) is 0 Å². The molecule has 126 valence electrons. The fraction of sp³-hybridized carbons (Fsp3) is 0.438. The first-order valence-corrected chi connectivity index (χ1v) is 7.36. The summed E-state index contributed by atoms with van der Waals surface area (Å²) in [4.78, 5) is 34.6. The highest BCUT2D eigenvalue weighted by Gasteiger charge is 2.25. The summed E-state index contributed by atoms with van der Waals surface area (Å²) in [5, 5.41) is 13.9. The smallest absolute Gasteiger partial charge is 0.326 e. The Kier molecular flexibility index (Phi) is 7.18. The molecule has 0 radical (unpaired) electrons. The maximum atomic E-state index is 13.0. The molecule has 0 bridgehead atoms. The molecule has 7 heteroatoms. The van der Waals surface area contributed by atoms with Crippen molar-refractivity contribution >= 4 is 17.8 Å². The predicted octanol–water partition coefficient (Wildman–Crippen LogP) is 1.10. The van der Waals surface area contributed by atoms with Gasteiger partial charge in [-0.25, -0.2) is 9.18 Å². The minimum atomic E-state index is -1.11. The molecule has 2 amide bonds. The van der Waals surface area contributed by atoms with Crippen molar-refractivity contribution in [1.82, 2.24) is 10.6 Å². The monoisotopic (exact) mass is 324 g/mol. The van der Waals surface area contributed by atoms with Crippen LogP contribution in [-0.2, 0) is 20.8 Å². The molecule has 0 aliphatic rings. The van der Waals surface area contributed by atoms with Crippen LogP contribution < -0.4 is 10.6 Å². The Morgan fingerprint density at radius 2 is 1.96 bits per heavy atom. The molecule has 0 aliphatic heterocycles. The molecule has 0 aromatic heterocycles. The molecule has 0 saturated heterocycles. The third-order valence-corrected chi connectivity index (χ3v) is 3.50. The Bertz CT molecular complexity index is 577. The average Bonchev–Trinajstić information content (AvgIpc) is 2.49. The molecule has 0 aliphatic carbocycles. The molecule has 0 saturated carbocycles. The van der Waals surface area contributed by atoms with Crippen molar-refractivity contribution in [1.29, 1.82) is 0 Å². The quantitative estimate of drug-likeness (QED) is 0.667. The number of carboxylic acids is 1. The fourth-order valence-electron chi connectivity index (χ4n) is 1.98.